The maximum Gasteiger partial charge on any atom is 0.416 e. The van der Waals surface area contributed by atoms with Gasteiger partial charge in [-0.3, -0.25) is 24.5 Å². The maximum absolute atomic E-state index is 14.3. The van der Waals surface area contributed by atoms with Crippen LogP contribution in [0.1, 0.15) is 106 Å². The lowest BCUT2D eigenvalue weighted by atomic mass is 9.72. The smallest absolute Gasteiger partial charge is 0.416 e. The first-order valence-corrected chi connectivity index (χ1v) is 33.2. The van der Waals surface area contributed by atoms with Gasteiger partial charge < -0.3 is 48.5 Å². The molecule has 6 aromatic carbocycles. The minimum absolute atomic E-state index is 0. The molecule has 5 amide bonds. The van der Waals surface area contributed by atoms with E-state index in [0.717, 1.165) is 91.1 Å². The molecular formula is C74H88Cl3F7N8O8. The number of benzene rings is 6. The van der Waals surface area contributed by atoms with Crippen molar-refractivity contribution in [1.82, 2.24) is 29.4 Å². The third-order valence-corrected chi connectivity index (χ3v) is 19.7. The molecule has 0 aromatic heterocycles. The summed E-state index contributed by atoms with van der Waals surface area (Å²) >= 11 is 0. The van der Waals surface area contributed by atoms with Gasteiger partial charge in [-0.25, -0.2) is 9.18 Å². The lowest BCUT2D eigenvalue weighted by molar-refractivity contribution is -0.143. The monoisotopic (exact) mass is 1450 g/mol. The first-order chi connectivity index (χ1) is 46.4. The molecule has 10 rings (SSSR count). The van der Waals surface area contributed by atoms with E-state index in [-0.39, 0.29) is 106 Å². The minimum Gasteiger partial charge on any atom is -0.446 e. The van der Waals surface area contributed by atoms with E-state index in [9.17, 15) is 54.7 Å². The summed E-state index contributed by atoms with van der Waals surface area (Å²) in [7, 11) is 7.24. The molecule has 542 valence electrons. The Morgan fingerprint density at radius 1 is 0.630 bits per heavy atom. The number of unbranched alkanes of at least 4 members (excludes halogenated alkanes) is 2. The third-order valence-electron chi connectivity index (χ3n) is 19.7. The van der Waals surface area contributed by atoms with Crippen LogP contribution in [0.2, 0.25) is 0 Å². The molecule has 1 spiro atoms. The molecule has 3 saturated heterocycles. The summed E-state index contributed by atoms with van der Waals surface area (Å²) in [4.78, 5) is 79.7. The molecule has 2 atom stereocenters. The summed E-state index contributed by atoms with van der Waals surface area (Å²) < 4.78 is 116. The van der Waals surface area contributed by atoms with Gasteiger partial charge in [0.15, 0.2) is 0 Å². The Bertz CT molecular complexity index is 3670. The average Bonchev–Trinajstić information content (AvgIpc) is 1.59. The number of carbonyl (C=O) groups is 5. The molecule has 1 N–H and O–H groups in total. The van der Waals surface area contributed by atoms with E-state index in [2.05, 4.69) is 32.1 Å². The molecule has 0 saturated carbocycles. The fourth-order valence-electron chi connectivity index (χ4n) is 13.7. The summed E-state index contributed by atoms with van der Waals surface area (Å²) in [5.41, 5.74) is 1.17. The van der Waals surface area contributed by atoms with Crippen molar-refractivity contribution >= 4 is 78.3 Å². The van der Waals surface area contributed by atoms with Crippen molar-refractivity contribution in [2.24, 2.45) is 0 Å². The minimum atomic E-state index is -5.15. The number of amides is 5. The first kappa shape index (κ1) is 79.8. The molecule has 1 aliphatic carbocycles. The third kappa shape index (κ3) is 20.0. The number of likely N-dealkylation sites (N-methyl/N-ethyl adjacent to an activating group) is 3. The second-order valence-electron chi connectivity index (χ2n) is 26.1. The first-order valence-electron chi connectivity index (χ1n) is 33.2. The highest BCUT2D eigenvalue weighted by atomic mass is 35.5. The predicted molar refractivity (Wildman–Crippen MR) is 377 cm³/mol. The molecule has 3 fully saturated rings. The molecule has 3 heterocycles. The summed E-state index contributed by atoms with van der Waals surface area (Å²) in [6.07, 6.45) is -4.62. The highest BCUT2D eigenvalue weighted by Gasteiger charge is 2.50. The van der Waals surface area contributed by atoms with Crippen molar-refractivity contribution in [2.75, 3.05) is 124 Å². The SMILES string of the molecule is CN(CCN1CCC(OC(=O)Nc2ccccc2-c2ccccc2)CC1)C(=O)CCCCCN(C)c1ccc(C(=O)N(C)CCN(C)C(=O)CO[C@H]2Cc3ccccc3C23CCN(CC[C@]2(c4ccc(F)cc4)CN(C(=O)c4cc(C(F)(F)F)cc(C(F)(F)F)c4)CO2)CC3)cc1.Cl.Cl.Cl. The number of carbonyl (C=O) groups excluding carboxylic acids is 5. The lowest BCUT2D eigenvalue weighted by Gasteiger charge is -2.44. The summed E-state index contributed by atoms with van der Waals surface area (Å²) in [5.74, 6) is -1.92. The standard InChI is InChI=1S/C74H85F7N8O8.3ClH/c1-83(35-14-6-9-21-66(90)84(2)43-44-87-36-30-61(31-37-87)97-70(94)82-64-20-13-11-18-62(64)52-15-7-5-8-16-52)60-28-22-53(23-29-60)68(92)86(4)42-41-85(3)67(91)49-95-65-47-54-17-10-12-19-63(54)71(65)32-38-88(39-33-71)40-34-72(56-24-26-59(75)27-25-56)50-89(51-96-72)69(93)55-45-57(73(76,77)78)48-58(46-55)74(79,80)81;;;/h5,7-8,10-13,15-20,22-29,45-46,48,61,65H,6,9,14,21,30-44,47,49-51H2,1-4H3,(H,82,94);3*1H/t65-,72+;;;/m0.../s1. The normalized spacial score (nSPS) is 17.6. The van der Waals surface area contributed by atoms with E-state index in [1.807, 2.05) is 93.0 Å². The Morgan fingerprint density at radius 2 is 1.24 bits per heavy atom. The van der Waals surface area contributed by atoms with Crippen molar-refractivity contribution in [2.45, 2.75) is 99.8 Å². The van der Waals surface area contributed by atoms with E-state index in [1.165, 1.54) is 24.3 Å². The molecule has 16 nitrogen and oxygen atoms in total. The van der Waals surface area contributed by atoms with E-state index in [4.69, 9.17) is 14.2 Å². The molecule has 0 radical (unpaired) electrons. The van der Waals surface area contributed by atoms with Crippen LogP contribution in [0.3, 0.4) is 0 Å². The zero-order valence-corrected chi connectivity index (χ0v) is 59.0. The van der Waals surface area contributed by atoms with E-state index < -0.39 is 64.6 Å². The number of hydrogen-bond acceptors (Lipinski definition) is 11. The number of nitrogens with zero attached hydrogens (tertiary/aromatic N) is 7. The molecule has 100 heavy (non-hydrogen) atoms. The number of para-hydroxylation sites is 1. The Balaban J connectivity index is 0.00000468. The van der Waals surface area contributed by atoms with E-state index in [1.54, 1.807) is 40.9 Å². The van der Waals surface area contributed by atoms with Gasteiger partial charge in [-0.1, -0.05) is 91.3 Å². The van der Waals surface area contributed by atoms with Crippen LogP contribution < -0.4 is 10.2 Å². The number of nitrogens with one attached hydrogen (secondary N) is 1. The van der Waals surface area contributed by atoms with Crippen molar-refractivity contribution in [3.05, 3.63) is 190 Å². The van der Waals surface area contributed by atoms with Gasteiger partial charge in [-0.15, -0.1) is 37.2 Å². The number of rotatable bonds is 25. The number of hydrogen-bond donors (Lipinski definition) is 1. The van der Waals surface area contributed by atoms with Crippen LogP contribution in [0.15, 0.2) is 146 Å². The number of alkyl halides is 6. The Kier molecular flexibility index (Phi) is 28.2. The largest absolute Gasteiger partial charge is 0.446 e. The highest BCUT2D eigenvalue weighted by molar-refractivity contribution is 5.96. The van der Waals surface area contributed by atoms with Gasteiger partial charge in [0.1, 0.15) is 30.9 Å². The number of anilines is 2. The van der Waals surface area contributed by atoms with Crippen LogP contribution in [0.4, 0.5) is 46.9 Å². The molecule has 0 bridgehead atoms. The van der Waals surface area contributed by atoms with Gasteiger partial charge >= 0.3 is 18.4 Å². The Morgan fingerprint density at radius 3 is 1.91 bits per heavy atom. The molecule has 4 aliphatic rings. The zero-order chi connectivity index (χ0) is 69.1. The summed E-state index contributed by atoms with van der Waals surface area (Å²) in [6, 6.07) is 39.3. The van der Waals surface area contributed by atoms with Crippen molar-refractivity contribution in [1.29, 1.82) is 0 Å². The zero-order valence-electron chi connectivity index (χ0n) is 56.5. The molecule has 3 aliphatic heterocycles. The number of fused-ring (bicyclic) bond motifs is 2. The molecule has 26 heteroatoms. The highest BCUT2D eigenvalue weighted by Crippen LogP contribution is 2.49. The molecular weight excluding hydrogens is 1370 g/mol. The number of halogens is 10. The number of ether oxygens (including phenoxy) is 3. The molecule has 0 unspecified atom stereocenters. The van der Waals surface area contributed by atoms with Crippen LogP contribution in [0.25, 0.3) is 11.1 Å². The molecule has 6 aromatic rings. The second kappa shape index (κ2) is 35.4. The fraction of sp³-hybridized carbons (Fsp3) is 0.446. The van der Waals surface area contributed by atoms with Crippen molar-refractivity contribution < 1.29 is 68.9 Å². The van der Waals surface area contributed by atoms with Crippen LogP contribution in [0, 0.1) is 5.82 Å². The second-order valence-corrected chi connectivity index (χ2v) is 26.1. The van der Waals surface area contributed by atoms with Gasteiger partial charge in [-0.05, 0) is 147 Å². The maximum atomic E-state index is 14.3. The topological polar surface area (TPSA) is 148 Å². The van der Waals surface area contributed by atoms with Gasteiger partial charge in [0.05, 0.1) is 29.5 Å². The van der Waals surface area contributed by atoms with Crippen LogP contribution in [-0.4, -0.2) is 185 Å². The van der Waals surface area contributed by atoms with E-state index >= 15 is 0 Å². The van der Waals surface area contributed by atoms with Crippen molar-refractivity contribution in [3.8, 4) is 11.1 Å². The number of likely N-dealkylation sites (tertiary alicyclic amines) is 2. The summed E-state index contributed by atoms with van der Waals surface area (Å²) in [6.45, 7) is 5.04. The van der Waals surface area contributed by atoms with Gasteiger partial charge in [0.25, 0.3) is 11.8 Å². The van der Waals surface area contributed by atoms with Crippen LogP contribution in [-0.2, 0) is 53.6 Å². The van der Waals surface area contributed by atoms with Crippen molar-refractivity contribution in [3.63, 3.8) is 0 Å². The predicted octanol–water partition coefficient (Wildman–Crippen LogP) is 13.9. The van der Waals surface area contributed by atoms with Gasteiger partial charge in [0, 0.05) is 115 Å². The fourth-order valence-corrected chi connectivity index (χ4v) is 13.7. The van der Waals surface area contributed by atoms with Gasteiger partial charge in [-0.2, -0.15) is 26.3 Å². The van der Waals surface area contributed by atoms with E-state index in [0.29, 0.717) is 80.8 Å². The lowest BCUT2D eigenvalue weighted by Crippen LogP contribution is -2.50. The Labute approximate surface area is 598 Å². The van der Waals surface area contributed by atoms with Crippen LogP contribution >= 0.6 is 37.2 Å². The summed E-state index contributed by atoms with van der Waals surface area (Å²) in [5, 5.41) is 2.93. The van der Waals surface area contributed by atoms with Crippen LogP contribution in [0.5, 0.6) is 0 Å². The van der Waals surface area contributed by atoms with Gasteiger partial charge in [0.2, 0.25) is 11.8 Å². The average molecular weight is 1460 g/mol. The number of piperidine rings is 2. The Hall–Kier alpha value is -7.51. The quantitative estimate of drug-likeness (QED) is 0.0431.